The molecule has 0 radical (unpaired) electrons. The largest absolute Gasteiger partial charge is 0.395 e. The molecular formula is C11H13ClF3NO. The molecule has 1 N–H and O–H groups in total. The van der Waals surface area contributed by atoms with Gasteiger partial charge in [0.15, 0.2) is 0 Å². The predicted molar refractivity (Wildman–Crippen MR) is 59.8 cm³/mol. The Kier molecular flexibility index (Phi) is 5.74. The second-order valence-corrected chi connectivity index (χ2v) is 4.01. The molecule has 0 saturated carbocycles. The summed E-state index contributed by atoms with van der Waals surface area (Å²) in [5.41, 5.74) is 0.630. The van der Waals surface area contributed by atoms with E-state index in [4.69, 9.17) is 16.7 Å². The first-order valence-electron chi connectivity index (χ1n) is 5.08. The summed E-state index contributed by atoms with van der Waals surface area (Å²) in [4.78, 5) is 1.38. The maximum absolute atomic E-state index is 12.9. The van der Waals surface area contributed by atoms with Crippen LogP contribution in [0.5, 0.6) is 0 Å². The minimum Gasteiger partial charge on any atom is -0.395 e. The van der Waals surface area contributed by atoms with Crippen molar-refractivity contribution >= 4 is 11.6 Å². The van der Waals surface area contributed by atoms with Gasteiger partial charge in [0.05, 0.1) is 18.2 Å². The Morgan fingerprint density at radius 2 is 2.06 bits per heavy atom. The molecule has 0 aliphatic rings. The van der Waals surface area contributed by atoms with Crippen LogP contribution in [0.3, 0.4) is 0 Å². The predicted octanol–water partition coefficient (Wildman–Crippen LogP) is 2.54. The van der Waals surface area contributed by atoms with Crippen molar-refractivity contribution in [1.82, 2.24) is 4.90 Å². The number of aliphatic hydroxyl groups excluding tert-OH is 1. The Morgan fingerprint density at radius 1 is 1.35 bits per heavy atom. The van der Waals surface area contributed by atoms with Gasteiger partial charge < -0.3 is 5.11 Å². The zero-order valence-corrected chi connectivity index (χ0v) is 9.80. The van der Waals surface area contributed by atoms with Crippen LogP contribution in [-0.2, 0) is 6.54 Å². The van der Waals surface area contributed by atoms with Crippen molar-refractivity contribution in [3.8, 4) is 0 Å². The molecular weight excluding hydrogens is 255 g/mol. The fraction of sp³-hybridized carbons (Fsp3) is 0.455. The molecule has 0 heterocycles. The van der Waals surface area contributed by atoms with Crippen LogP contribution >= 0.6 is 11.6 Å². The van der Waals surface area contributed by atoms with E-state index in [1.807, 2.05) is 0 Å². The number of rotatable bonds is 6. The highest BCUT2D eigenvalue weighted by Gasteiger charge is 2.12. The molecule has 17 heavy (non-hydrogen) atoms. The number of alkyl halides is 2. The lowest BCUT2D eigenvalue weighted by molar-refractivity contribution is 0.0746. The van der Waals surface area contributed by atoms with E-state index >= 15 is 0 Å². The van der Waals surface area contributed by atoms with Crippen molar-refractivity contribution in [1.29, 1.82) is 0 Å². The van der Waals surface area contributed by atoms with Crippen molar-refractivity contribution in [3.05, 3.63) is 34.6 Å². The first-order chi connectivity index (χ1) is 8.02. The average Bonchev–Trinajstić information content (AvgIpc) is 2.23. The Hall–Kier alpha value is -0.780. The SMILES string of the molecule is OCCN(Cc1ccc(F)c(Cl)c1)CC(F)F. The fourth-order valence-corrected chi connectivity index (χ4v) is 1.67. The average molecular weight is 268 g/mol. The summed E-state index contributed by atoms with van der Waals surface area (Å²) >= 11 is 5.59. The fourth-order valence-electron chi connectivity index (χ4n) is 1.47. The van der Waals surface area contributed by atoms with Gasteiger partial charge in [0.25, 0.3) is 6.43 Å². The van der Waals surface area contributed by atoms with E-state index in [-0.39, 0.29) is 24.7 Å². The molecule has 2 nitrogen and oxygen atoms in total. The molecule has 0 bridgehead atoms. The van der Waals surface area contributed by atoms with Gasteiger partial charge in [-0.3, -0.25) is 4.90 Å². The Bertz CT molecular complexity index is 363. The molecule has 96 valence electrons. The van der Waals surface area contributed by atoms with E-state index in [9.17, 15) is 13.2 Å². The normalized spacial score (nSPS) is 11.5. The van der Waals surface area contributed by atoms with E-state index in [1.54, 1.807) is 0 Å². The van der Waals surface area contributed by atoms with Crippen LogP contribution in [0, 0.1) is 5.82 Å². The molecule has 0 fully saturated rings. The third kappa shape index (κ3) is 4.93. The van der Waals surface area contributed by atoms with Crippen molar-refractivity contribution in [2.24, 2.45) is 0 Å². The molecule has 0 saturated heterocycles. The Labute approximate surface area is 103 Å². The summed E-state index contributed by atoms with van der Waals surface area (Å²) in [5.74, 6) is -0.544. The zero-order chi connectivity index (χ0) is 12.8. The van der Waals surface area contributed by atoms with Crippen LogP contribution in [0.1, 0.15) is 5.56 Å². The van der Waals surface area contributed by atoms with Crippen LogP contribution < -0.4 is 0 Å². The standard InChI is InChI=1S/C11H13ClF3NO/c12-9-5-8(1-2-10(9)13)6-16(3-4-17)7-11(14)15/h1-2,5,11,17H,3-4,6-7H2. The Morgan fingerprint density at radius 3 is 2.59 bits per heavy atom. The van der Waals surface area contributed by atoms with Gasteiger partial charge >= 0.3 is 0 Å². The highest BCUT2D eigenvalue weighted by atomic mass is 35.5. The van der Waals surface area contributed by atoms with Gasteiger partial charge in [-0.2, -0.15) is 0 Å². The number of hydrogen-bond acceptors (Lipinski definition) is 2. The molecule has 0 aromatic heterocycles. The number of aliphatic hydroxyl groups is 1. The Balaban J connectivity index is 2.67. The van der Waals surface area contributed by atoms with E-state index in [0.717, 1.165) is 0 Å². The molecule has 0 atom stereocenters. The smallest absolute Gasteiger partial charge is 0.251 e. The topological polar surface area (TPSA) is 23.5 Å². The molecule has 0 unspecified atom stereocenters. The van der Waals surface area contributed by atoms with Gasteiger partial charge in [-0.1, -0.05) is 17.7 Å². The molecule has 0 amide bonds. The van der Waals surface area contributed by atoms with E-state index < -0.39 is 18.8 Å². The second-order valence-electron chi connectivity index (χ2n) is 3.60. The van der Waals surface area contributed by atoms with E-state index in [1.165, 1.54) is 23.1 Å². The first kappa shape index (κ1) is 14.3. The van der Waals surface area contributed by atoms with E-state index in [2.05, 4.69) is 0 Å². The summed E-state index contributed by atoms with van der Waals surface area (Å²) in [6.07, 6.45) is -2.47. The molecule has 6 heteroatoms. The van der Waals surface area contributed by atoms with Crippen LogP contribution in [0.2, 0.25) is 5.02 Å². The summed E-state index contributed by atoms with van der Waals surface area (Å²) in [5, 5.41) is 8.72. The quantitative estimate of drug-likeness (QED) is 0.856. The zero-order valence-electron chi connectivity index (χ0n) is 9.04. The third-order valence-electron chi connectivity index (χ3n) is 2.20. The van der Waals surface area contributed by atoms with Crippen molar-refractivity contribution < 1.29 is 18.3 Å². The van der Waals surface area contributed by atoms with Gasteiger partial charge in [0.2, 0.25) is 0 Å². The van der Waals surface area contributed by atoms with Crippen molar-refractivity contribution in [2.75, 3.05) is 19.7 Å². The number of hydrogen-bond donors (Lipinski definition) is 1. The van der Waals surface area contributed by atoms with Gasteiger partial charge in [0.1, 0.15) is 5.82 Å². The van der Waals surface area contributed by atoms with Crippen molar-refractivity contribution in [3.63, 3.8) is 0 Å². The van der Waals surface area contributed by atoms with Gasteiger partial charge in [-0.15, -0.1) is 0 Å². The van der Waals surface area contributed by atoms with Crippen LogP contribution in [0.4, 0.5) is 13.2 Å². The second kappa shape index (κ2) is 6.83. The minimum atomic E-state index is -2.47. The van der Waals surface area contributed by atoms with Crippen LogP contribution in [0.25, 0.3) is 0 Å². The lowest BCUT2D eigenvalue weighted by atomic mass is 10.2. The summed E-state index contributed by atoms with van der Waals surface area (Å²) in [6, 6.07) is 4.07. The monoisotopic (exact) mass is 267 g/mol. The molecule has 1 aromatic rings. The van der Waals surface area contributed by atoms with Gasteiger partial charge in [-0.05, 0) is 17.7 Å². The highest BCUT2D eigenvalue weighted by Crippen LogP contribution is 2.17. The number of benzene rings is 1. The molecule has 0 spiro atoms. The number of nitrogens with zero attached hydrogens (tertiary/aromatic N) is 1. The minimum absolute atomic E-state index is 0.0384. The summed E-state index contributed by atoms with van der Waals surface area (Å²) < 4.78 is 37.4. The van der Waals surface area contributed by atoms with Gasteiger partial charge in [0, 0.05) is 13.1 Å². The number of halogens is 4. The lowest BCUT2D eigenvalue weighted by Gasteiger charge is -2.20. The molecule has 0 aliphatic heterocycles. The van der Waals surface area contributed by atoms with Crippen LogP contribution in [-0.4, -0.2) is 36.1 Å². The third-order valence-corrected chi connectivity index (χ3v) is 2.49. The molecule has 0 aliphatic carbocycles. The first-order valence-corrected chi connectivity index (χ1v) is 5.46. The van der Waals surface area contributed by atoms with Crippen molar-refractivity contribution in [2.45, 2.75) is 13.0 Å². The van der Waals surface area contributed by atoms with E-state index in [0.29, 0.717) is 5.56 Å². The maximum Gasteiger partial charge on any atom is 0.251 e. The molecule has 1 aromatic carbocycles. The summed E-state index contributed by atoms with van der Waals surface area (Å²) in [7, 11) is 0. The van der Waals surface area contributed by atoms with Gasteiger partial charge in [-0.25, -0.2) is 13.2 Å². The molecule has 1 rings (SSSR count). The highest BCUT2D eigenvalue weighted by molar-refractivity contribution is 6.30. The van der Waals surface area contributed by atoms with Crippen LogP contribution in [0.15, 0.2) is 18.2 Å². The maximum atomic E-state index is 12.9. The summed E-state index contributed by atoms with van der Waals surface area (Å²) in [6.45, 7) is -0.304. The lowest BCUT2D eigenvalue weighted by Crippen LogP contribution is -2.31.